The molecule has 1 aliphatic rings. The van der Waals surface area contributed by atoms with E-state index in [1.54, 1.807) is 19.1 Å². The van der Waals surface area contributed by atoms with Gasteiger partial charge in [0.2, 0.25) is 0 Å². The molecule has 0 bridgehead atoms. The zero-order valence-electron chi connectivity index (χ0n) is 15.9. The molecule has 0 saturated carbocycles. The molecule has 1 aromatic rings. The lowest BCUT2D eigenvalue weighted by Gasteiger charge is -2.26. The van der Waals surface area contributed by atoms with E-state index >= 15 is 0 Å². The molecule has 0 aromatic heterocycles. The van der Waals surface area contributed by atoms with Gasteiger partial charge in [0.1, 0.15) is 17.1 Å². The van der Waals surface area contributed by atoms with Crippen LogP contribution >= 0.6 is 0 Å². The lowest BCUT2D eigenvalue weighted by molar-refractivity contribution is 0.0256. The maximum absolute atomic E-state index is 12.3. The first-order valence-electron chi connectivity index (χ1n) is 8.79. The molecule has 1 fully saturated rings. The van der Waals surface area contributed by atoms with Crippen molar-refractivity contribution in [3.8, 4) is 11.5 Å². The number of ether oxygens (including phenoxy) is 3. The topological polar surface area (TPSA) is 60.0 Å². The standard InChI is InChI=1S/C19H30N2O4/c1-19(2,3)25-18(22)21-11-6-7-14(10-12-21)20-16-13-15(23-4)8-9-17(16)24-5/h8-9,13-14,20H,6-7,10-12H2,1-5H3. The van der Waals surface area contributed by atoms with Gasteiger partial charge in [-0.1, -0.05) is 0 Å². The second-order valence-electron chi connectivity index (χ2n) is 7.31. The molecule has 140 valence electrons. The molecule has 1 N–H and O–H groups in total. The van der Waals surface area contributed by atoms with Gasteiger partial charge in [0.15, 0.2) is 0 Å². The molecule has 6 heteroatoms. The molecule has 0 spiro atoms. The number of carbonyl (C=O) groups is 1. The normalized spacial score (nSPS) is 18.3. The molecule has 1 unspecified atom stereocenters. The van der Waals surface area contributed by atoms with Crippen molar-refractivity contribution in [3.05, 3.63) is 18.2 Å². The van der Waals surface area contributed by atoms with E-state index < -0.39 is 5.60 Å². The highest BCUT2D eigenvalue weighted by atomic mass is 16.6. The van der Waals surface area contributed by atoms with Crippen LogP contribution in [-0.2, 0) is 4.74 Å². The number of anilines is 1. The smallest absolute Gasteiger partial charge is 0.410 e. The van der Waals surface area contributed by atoms with Crippen LogP contribution in [0.4, 0.5) is 10.5 Å². The minimum Gasteiger partial charge on any atom is -0.497 e. The zero-order chi connectivity index (χ0) is 18.4. The third-order valence-electron chi connectivity index (χ3n) is 4.15. The minimum absolute atomic E-state index is 0.230. The second kappa shape index (κ2) is 8.32. The Morgan fingerprint density at radius 3 is 2.56 bits per heavy atom. The first kappa shape index (κ1) is 19.2. The summed E-state index contributed by atoms with van der Waals surface area (Å²) in [5, 5.41) is 3.54. The number of nitrogens with zero attached hydrogens (tertiary/aromatic N) is 1. The Bertz CT molecular complexity index is 583. The van der Waals surface area contributed by atoms with E-state index in [9.17, 15) is 4.79 Å². The van der Waals surface area contributed by atoms with E-state index in [1.165, 1.54) is 0 Å². The molecule has 25 heavy (non-hydrogen) atoms. The van der Waals surface area contributed by atoms with Crippen LogP contribution in [0.1, 0.15) is 40.0 Å². The van der Waals surface area contributed by atoms with E-state index in [2.05, 4.69) is 5.32 Å². The van der Waals surface area contributed by atoms with Gasteiger partial charge < -0.3 is 24.4 Å². The third kappa shape index (κ3) is 5.73. The molecule has 1 saturated heterocycles. The van der Waals surface area contributed by atoms with E-state index in [1.807, 2.05) is 39.0 Å². The number of amides is 1. The minimum atomic E-state index is -0.463. The molecule has 1 aromatic carbocycles. The number of carbonyl (C=O) groups excluding carboxylic acids is 1. The summed E-state index contributed by atoms with van der Waals surface area (Å²) in [5.74, 6) is 1.57. The number of methoxy groups -OCH3 is 2. The van der Waals surface area contributed by atoms with Gasteiger partial charge in [-0.05, 0) is 52.2 Å². The van der Waals surface area contributed by atoms with Crippen molar-refractivity contribution in [1.82, 2.24) is 4.90 Å². The maximum atomic E-state index is 12.3. The van der Waals surface area contributed by atoms with Crippen LogP contribution in [0.5, 0.6) is 11.5 Å². The maximum Gasteiger partial charge on any atom is 0.410 e. The molecule has 1 aliphatic heterocycles. The van der Waals surface area contributed by atoms with Crippen LogP contribution in [0, 0.1) is 0 Å². The van der Waals surface area contributed by atoms with Gasteiger partial charge in [-0.15, -0.1) is 0 Å². The Balaban J connectivity index is 1.98. The summed E-state index contributed by atoms with van der Waals surface area (Å²) in [6, 6.07) is 5.98. The van der Waals surface area contributed by atoms with Crippen molar-refractivity contribution in [2.24, 2.45) is 0 Å². The van der Waals surface area contributed by atoms with E-state index in [0.717, 1.165) is 43.0 Å². The molecular formula is C19H30N2O4. The molecule has 1 heterocycles. The van der Waals surface area contributed by atoms with Crippen molar-refractivity contribution in [2.75, 3.05) is 32.6 Å². The van der Waals surface area contributed by atoms with Gasteiger partial charge in [0, 0.05) is 25.2 Å². The highest BCUT2D eigenvalue weighted by Crippen LogP contribution is 2.30. The molecule has 1 atom stereocenters. The number of hydrogen-bond donors (Lipinski definition) is 1. The van der Waals surface area contributed by atoms with Crippen molar-refractivity contribution >= 4 is 11.8 Å². The third-order valence-corrected chi connectivity index (χ3v) is 4.15. The molecule has 1 amide bonds. The molecule has 6 nitrogen and oxygen atoms in total. The fraction of sp³-hybridized carbons (Fsp3) is 0.632. The van der Waals surface area contributed by atoms with Crippen LogP contribution in [0.15, 0.2) is 18.2 Å². The fourth-order valence-electron chi connectivity index (χ4n) is 2.90. The monoisotopic (exact) mass is 350 g/mol. The van der Waals surface area contributed by atoms with Crippen LogP contribution in [0.25, 0.3) is 0 Å². The summed E-state index contributed by atoms with van der Waals surface area (Å²) in [7, 11) is 3.31. The largest absolute Gasteiger partial charge is 0.497 e. The quantitative estimate of drug-likeness (QED) is 0.892. The highest BCUT2D eigenvalue weighted by Gasteiger charge is 2.25. The van der Waals surface area contributed by atoms with E-state index in [0.29, 0.717) is 6.54 Å². The summed E-state index contributed by atoms with van der Waals surface area (Å²) in [6.07, 6.45) is 2.55. The van der Waals surface area contributed by atoms with Crippen molar-refractivity contribution in [3.63, 3.8) is 0 Å². The first-order chi connectivity index (χ1) is 11.8. The molecule has 2 rings (SSSR count). The number of benzene rings is 1. The van der Waals surface area contributed by atoms with Gasteiger partial charge in [0.05, 0.1) is 19.9 Å². The fourth-order valence-corrected chi connectivity index (χ4v) is 2.90. The summed E-state index contributed by atoms with van der Waals surface area (Å²) in [4.78, 5) is 14.1. The predicted octanol–water partition coefficient (Wildman–Crippen LogP) is 3.91. The van der Waals surface area contributed by atoms with Gasteiger partial charge in [-0.25, -0.2) is 4.79 Å². The number of nitrogens with one attached hydrogen (secondary N) is 1. The Morgan fingerprint density at radius 2 is 1.92 bits per heavy atom. The Hall–Kier alpha value is -2.11. The molecular weight excluding hydrogens is 320 g/mol. The van der Waals surface area contributed by atoms with Gasteiger partial charge >= 0.3 is 6.09 Å². The van der Waals surface area contributed by atoms with Crippen molar-refractivity contribution in [1.29, 1.82) is 0 Å². The zero-order valence-corrected chi connectivity index (χ0v) is 15.9. The van der Waals surface area contributed by atoms with Gasteiger partial charge in [-0.2, -0.15) is 0 Å². The number of likely N-dealkylation sites (tertiary alicyclic amines) is 1. The summed E-state index contributed by atoms with van der Waals surface area (Å²) in [6.45, 7) is 7.08. The SMILES string of the molecule is COc1ccc(OC)c(NC2CCCN(C(=O)OC(C)(C)C)CC2)c1. The summed E-state index contributed by atoms with van der Waals surface area (Å²) in [5.41, 5.74) is 0.451. The Labute approximate surface area is 150 Å². The van der Waals surface area contributed by atoms with Crippen LogP contribution in [-0.4, -0.2) is 49.9 Å². The highest BCUT2D eigenvalue weighted by molar-refractivity contribution is 5.68. The van der Waals surface area contributed by atoms with Crippen LogP contribution in [0.3, 0.4) is 0 Å². The average Bonchev–Trinajstić information content (AvgIpc) is 2.79. The van der Waals surface area contributed by atoms with Gasteiger partial charge in [0.25, 0.3) is 0 Å². The first-order valence-corrected chi connectivity index (χ1v) is 8.79. The molecule has 0 radical (unpaired) electrons. The van der Waals surface area contributed by atoms with E-state index in [-0.39, 0.29) is 12.1 Å². The Kier molecular flexibility index (Phi) is 6.39. The predicted molar refractivity (Wildman–Crippen MR) is 98.6 cm³/mol. The van der Waals surface area contributed by atoms with Crippen LogP contribution < -0.4 is 14.8 Å². The molecule has 0 aliphatic carbocycles. The van der Waals surface area contributed by atoms with Gasteiger partial charge in [-0.3, -0.25) is 0 Å². The van der Waals surface area contributed by atoms with Crippen molar-refractivity contribution < 1.29 is 19.0 Å². The van der Waals surface area contributed by atoms with Crippen molar-refractivity contribution in [2.45, 2.75) is 51.7 Å². The Morgan fingerprint density at radius 1 is 1.16 bits per heavy atom. The number of rotatable bonds is 4. The lowest BCUT2D eigenvalue weighted by atomic mass is 10.1. The number of hydrogen-bond acceptors (Lipinski definition) is 5. The lowest BCUT2D eigenvalue weighted by Crippen LogP contribution is -2.37. The summed E-state index contributed by atoms with van der Waals surface area (Å²) < 4.78 is 16.2. The second-order valence-corrected chi connectivity index (χ2v) is 7.31. The summed E-state index contributed by atoms with van der Waals surface area (Å²) >= 11 is 0. The van der Waals surface area contributed by atoms with E-state index in [4.69, 9.17) is 14.2 Å². The average molecular weight is 350 g/mol. The van der Waals surface area contributed by atoms with Crippen LogP contribution in [0.2, 0.25) is 0 Å².